The molecule has 0 unspecified atom stereocenters. The molecule has 480 valence electrons. The number of nitrogens with zero attached hydrogens (tertiary/aromatic N) is 4. The van der Waals surface area contributed by atoms with Crippen molar-refractivity contribution in [1.29, 1.82) is 0 Å². The first-order chi connectivity index (χ1) is 41.0. The number of ether oxygens (including phenoxy) is 14. The van der Waals surface area contributed by atoms with Crippen LogP contribution in [0.4, 0.5) is 15.3 Å². The predicted molar refractivity (Wildman–Crippen MR) is 304 cm³/mol. The van der Waals surface area contributed by atoms with E-state index < -0.39 is 48.5 Å². The second-order valence-corrected chi connectivity index (χ2v) is 18.3. The zero-order valence-electron chi connectivity index (χ0n) is 49.4. The zero-order valence-corrected chi connectivity index (χ0v) is 49.4. The van der Waals surface area contributed by atoms with E-state index in [4.69, 9.17) is 72.0 Å². The summed E-state index contributed by atoms with van der Waals surface area (Å²) in [6.07, 6.45) is 1.75. The summed E-state index contributed by atoms with van der Waals surface area (Å²) in [6.45, 7) is 21.6. The molecule has 84 heavy (non-hydrogen) atoms. The number of primary amides is 1. The lowest BCUT2D eigenvalue weighted by molar-refractivity contribution is -0.133. The summed E-state index contributed by atoms with van der Waals surface area (Å²) < 4.78 is 78.2. The molecule has 7 N–H and O–H groups in total. The number of nitrogens with one attached hydrogen (secondary N) is 5. The van der Waals surface area contributed by atoms with Crippen molar-refractivity contribution in [3.63, 3.8) is 0 Å². The fourth-order valence-corrected chi connectivity index (χ4v) is 6.85. The largest absolute Gasteiger partial charge is 0.445 e. The number of nitrogens with two attached hydrogens (primary N) is 1. The van der Waals surface area contributed by atoms with E-state index in [0.29, 0.717) is 202 Å². The topological polar surface area (TPSA) is 353 Å². The van der Waals surface area contributed by atoms with E-state index in [2.05, 4.69) is 53.6 Å². The van der Waals surface area contributed by atoms with Gasteiger partial charge in [-0.25, -0.2) is 14.3 Å². The van der Waals surface area contributed by atoms with E-state index in [1.165, 1.54) is 0 Å². The van der Waals surface area contributed by atoms with Gasteiger partial charge in [-0.2, -0.15) is 0 Å². The van der Waals surface area contributed by atoms with Crippen molar-refractivity contribution in [2.24, 2.45) is 16.8 Å². The average Bonchev–Trinajstić information content (AvgIpc) is 3.95. The van der Waals surface area contributed by atoms with Gasteiger partial charge in [-0.3, -0.25) is 14.4 Å². The minimum atomic E-state index is -1.04. The van der Waals surface area contributed by atoms with Crippen LogP contribution in [-0.4, -0.2) is 249 Å². The zero-order chi connectivity index (χ0) is 60.8. The van der Waals surface area contributed by atoms with Crippen LogP contribution in [0.5, 0.6) is 0 Å². The van der Waals surface area contributed by atoms with E-state index in [1.54, 1.807) is 35.1 Å². The van der Waals surface area contributed by atoms with Gasteiger partial charge in [-0.1, -0.05) is 31.2 Å². The van der Waals surface area contributed by atoms with Gasteiger partial charge in [0.1, 0.15) is 24.4 Å². The van der Waals surface area contributed by atoms with Crippen molar-refractivity contribution in [2.45, 2.75) is 71.8 Å². The van der Waals surface area contributed by atoms with Gasteiger partial charge < -0.3 is 103 Å². The Morgan fingerprint density at radius 3 is 1.48 bits per heavy atom. The summed E-state index contributed by atoms with van der Waals surface area (Å²) >= 11 is 0. The van der Waals surface area contributed by atoms with Crippen LogP contribution in [0, 0.1) is 5.92 Å². The lowest BCUT2D eigenvalue weighted by atomic mass is 10.0. The molecule has 0 spiro atoms. The van der Waals surface area contributed by atoms with E-state index in [9.17, 15) is 24.0 Å². The molecule has 0 aliphatic heterocycles. The molecule has 30 nitrogen and oxygen atoms in total. The lowest BCUT2D eigenvalue weighted by Gasteiger charge is -2.24. The standard InChI is InChI=1S/C54H94N10O20/c1-5-70-15-16-72-19-20-74-23-24-76-27-28-78-31-32-80-35-36-82-38-37-81-34-33-79-30-29-77-26-25-75-22-21-73-18-17-71-14-13-64-41-47(62-63-64)40-58-54(69)83-42-45-8-10-46(11-9-45)59-51(66)48(7-6-12-57-53(55)68)61-52(67)49(39-44(2)3)60-50(65)43-84-56-4/h8-11,41,44,48-49H,4-7,12-40,42-43H2,1-3H3,(H,58,69)(H,59,66)(H,60,65)(H,61,67)(H3,55,57,68)/t48-,49-/m0/s1. The van der Waals surface area contributed by atoms with Crippen LogP contribution >= 0.6 is 0 Å². The van der Waals surface area contributed by atoms with Crippen molar-refractivity contribution in [1.82, 2.24) is 36.3 Å². The van der Waals surface area contributed by atoms with Crippen LogP contribution in [0.2, 0.25) is 0 Å². The highest BCUT2D eigenvalue weighted by molar-refractivity contribution is 5.98. The molecular formula is C54H94N10O20. The molecule has 0 radical (unpaired) electrons. The Hall–Kier alpha value is -5.74. The molecule has 0 saturated carbocycles. The Balaban J connectivity index is 1.41. The molecular weight excluding hydrogens is 1110 g/mol. The molecule has 2 rings (SSSR count). The van der Waals surface area contributed by atoms with Gasteiger partial charge in [0, 0.05) is 25.6 Å². The molecule has 0 aliphatic carbocycles. The molecule has 2 atom stereocenters. The molecule has 1 aromatic heterocycles. The number of carbonyl (C=O) groups is 5. The quantitative estimate of drug-likeness (QED) is 0.0305. The van der Waals surface area contributed by atoms with Gasteiger partial charge in [0.05, 0.1) is 184 Å². The number of hydrogen-bond acceptors (Lipinski definition) is 23. The minimum Gasteiger partial charge on any atom is -0.445 e. The normalized spacial score (nSPS) is 12.0. The highest BCUT2D eigenvalue weighted by Gasteiger charge is 2.28. The molecule has 1 heterocycles. The third kappa shape index (κ3) is 43.8. The fourth-order valence-electron chi connectivity index (χ4n) is 6.85. The van der Waals surface area contributed by atoms with Crippen LogP contribution in [-0.2, 0) is 105 Å². The molecule has 6 amide bonds. The molecule has 1 aromatic carbocycles. The van der Waals surface area contributed by atoms with Crippen molar-refractivity contribution in [3.8, 4) is 0 Å². The predicted octanol–water partition coefficient (Wildman–Crippen LogP) is 0.975. The first-order valence-corrected chi connectivity index (χ1v) is 28.4. The third-order valence-corrected chi connectivity index (χ3v) is 11.0. The second kappa shape index (κ2) is 52.8. The number of aromatic nitrogens is 3. The number of carbonyl (C=O) groups excluding carboxylic acids is 5. The highest BCUT2D eigenvalue weighted by Crippen LogP contribution is 2.13. The highest BCUT2D eigenvalue weighted by atomic mass is 16.6. The van der Waals surface area contributed by atoms with Gasteiger partial charge in [-0.15, -0.1) is 10.3 Å². The second-order valence-electron chi connectivity index (χ2n) is 18.3. The molecule has 0 aliphatic rings. The number of urea groups is 1. The lowest BCUT2D eigenvalue weighted by Crippen LogP contribution is -2.53. The van der Waals surface area contributed by atoms with Crippen molar-refractivity contribution in [3.05, 3.63) is 41.7 Å². The number of rotatable bonds is 58. The first-order valence-electron chi connectivity index (χ1n) is 28.4. The van der Waals surface area contributed by atoms with Crippen LogP contribution < -0.4 is 32.3 Å². The fraction of sp³-hybridized carbons (Fsp3) is 0.741. The van der Waals surface area contributed by atoms with Gasteiger partial charge in [0.2, 0.25) is 11.8 Å². The molecule has 2 aromatic rings. The van der Waals surface area contributed by atoms with Crippen LogP contribution in [0.3, 0.4) is 0 Å². The first kappa shape index (κ1) is 74.4. The van der Waals surface area contributed by atoms with E-state index in [1.807, 2.05) is 20.8 Å². The molecule has 0 saturated heterocycles. The van der Waals surface area contributed by atoms with Crippen molar-refractivity contribution < 1.29 is 95.1 Å². The number of hydrogen-bond donors (Lipinski definition) is 6. The summed E-state index contributed by atoms with van der Waals surface area (Å²) in [4.78, 5) is 67.4. The van der Waals surface area contributed by atoms with E-state index >= 15 is 0 Å². The summed E-state index contributed by atoms with van der Waals surface area (Å²) in [7, 11) is 0. The van der Waals surface area contributed by atoms with Gasteiger partial charge >= 0.3 is 12.1 Å². The Bertz CT molecular complexity index is 1980. The van der Waals surface area contributed by atoms with Crippen LogP contribution in [0.1, 0.15) is 51.3 Å². The maximum atomic E-state index is 13.4. The summed E-state index contributed by atoms with van der Waals surface area (Å²) in [5, 5.41) is 24.5. The summed E-state index contributed by atoms with van der Waals surface area (Å²) in [5.74, 6) is -1.68. The van der Waals surface area contributed by atoms with Crippen LogP contribution in [0.25, 0.3) is 0 Å². The number of alkyl carbamates (subject to hydrolysis) is 1. The van der Waals surface area contributed by atoms with E-state index in [0.717, 1.165) is 0 Å². The third-order valence-electron chi connectivity index (χ3n) is 11.0. The Morgan fingerprint density at radius 2 is 1.05 bits per heavy atom. The molecule has 0 bridgehead atoms. The number of oxime groups is 1. The number of anilines is 1. The summed E-state index contributed by atoms with van der Waals surface area (Å²) in [5.41, 5.74) is 6.73. The van der Waals surface area contributed by atoms with Gasteiger partial charge in [-0.05, 0) is 49.8 Å². The minimum absolute atomic E-state index is 0.0207. The smallest absolute Gasteiger partial charge is 0.407 e. The van der Waals surface area contributed by atoms with Gasteiger partial charge in [0.15, 0.2) is 6.61 Å². The van der Waals surface area contributed by atoms with Gasteiger partial charge in [0.25, 0.3) is 5.91 Å². The maximum Gasteiger partial charge on any atom is 0.407 e. The average molecular weight is 1200 g/mol. The Morgan fingerprint density at radius 1 is 0.595 bits per heavy atom. The Labute approximate surface area is 493 Å². The number of benzene rings is 1. The maximum absolute atomic E-state index is 13.4. The van der Waals surface area contributed by atoms with Crippen molar-refractivity contribution >= 4 is 42.3 Å². The van der Waals surface area contributed by atoms with Crippen LogP contribution in [0.15, 0.2) is 35.6 Å². The van der Waals surface area contributed by atoms with E-state index in [-0.39, 0.29) is 38.5 Å². The molecule has 0 fully saturated rings. The van der Waals surface area contributed by atoms with Crippen molar-refractivity contribution in [2.75, 3.05) is 190 Å². The monoisotopic (exact) mass is 1200 g/mol. The summed E-state index contributed by atoms with van der Waals surface area (Å²) in [6, 6.07) is 3.83. The molecule has 30 heteroatoms. The SMILES string of the molecule is C=NOCC(=O)N[C@@H](CC(C)C)C(=O)N[C@@H](CCCNC(N)=O)C(=O)Nc1ccc(COC(=O)NCc2cn(CCOCCOCCOCCOCCOCCOCCOCCOCCOCCOCCOCCOCCOCC)nn2)cc1. The Kier molecular flexibility index (Phi) is 46.7. The number of amides is 6.